The topological polar surface area (TPSA) is 29.1 Å². The van der Waals surface area contributed by atoms with E-state index in [1.54, 1.807) is 12.1 Å². The first-order valence-corrected chi connectivity index (χ1v) is 7.25. The Labute approximate surface area is 120 Å². The molecule has 2 rings (SSSR count). The zero-order valence-electron chi connectivity index (χ0n) is 9.72. The van der Waals surface area contributed by atoms with E-state index in [0.717, 1.165) is 16.5 Å². The van der Waals surface area contributed by atoms with Crippen molar-refractivity contribution in [1.29, 1.82) is 0 Å². The Morgan fingerprint density at radius 2 is 2.24 bits per heavy atom. The van der Waals surface area contributed by atoms with Crippen molar-refractivity contribution in [3.63, 3.8) is 0 Å². The Balaban J connectivity index is 2.02. The van der Waals surface area contributed by atoms with Crippen molar-refractivity contribution in [2.75, 3.05) is 6.54 Å². The average molecular weight is 364 g/mol. The Kier molecular flexibility index (Phi) is 3.98. The van der Waals surface area contributed by atoms with E-state index in [1.165, 1.54) is 12.8 Å². The molecular formula is C13H15ClINO. The highest BCUT2D eigenvalue weighted by molar-refractivity contribution is 14.1. The Morgan fingerprint density at radius 1 is 1.53 bits per heavy atom. The van der Waals surface area contributed by atoms with E-state index in [2.05, 4.69) is 34.8 Å². The van der Waals surface area contributed by atoms with Crippen LogP contribution in [0.3, 0.4) is 0 Å². The molecule has 0 aromatic heterocycles. The number of nitrogens with one attached hydrogen (secondary N) is 1. The summed E-state index contributed by atoms with van der Waals surface area (Å²) in [7, 11) is 0. The number of benzene rings is 1. The highest BCUT2D eigenvalue weighted by Crippen LogP contribution is 2.47. The summed E-state index contributed by atoms with van der Waals surface area (Å²) in [6, 6.07) is 5.39. The average Bonchev–Trinajstić information content (AvgIpc) is 3.10. The van der Waals surface area contributed by atoms with Gasteiger partial charge < -0.3 is 5.32 Å². The lowest BCUT2D eigenvalue weighted by atomic mass is 10.0. The first-order chi connectivity index (χ1) is 8.06. The van der Waals surface area contributed by atoms with E-state index < -0.39 is 0 Å². The van der Waals surface area contributed by atoms with E-state index in [1.807, 2.05) is 6.07 Å². The lowest BCUT2D eigenvalue weighted by molar-refractivity contribution is 0.0943. The van der Waals surface area contributed by atoms with Gasteiger partial charge in [-0.25, -0.2) is 0 Å². The van der Waals surface area contributed by atoms with E-state index in [0.29, 0.717) is 16.0 Å². The lowest BCUT2D eigenvalue weighted by Crippen LogP contribution is -2.30. The van der Waals surface area contributed by atoms with Crippen LogP contribution in [0, 0.1) is 8.99 Å². The Hall–Kier alpha value is -0.290. The summed E-state index contributed by atoms with van der Waals surface area (Å²) < 4.78 is 0.936. The van der Waals surface area contributed by atoms with Crippen molar-refractivity contribution >= 4 is 40.1 Å². The normalized spacial score (nSPS) is 16.6. The van der Waals surface area contributed by atoms with Crippen molar-refractivity contribution in [2.24, 2.45) is 5.41 Å². The molecule has 92 valence electrons. The van der Waals surface area contributed by atoms with Crippen LogP contribution < -0.4 is 5.32 Å². The third-order valence-electron chi connectivity index (χ3n) is 3.50. The van der Waals surface area contributed by atoms with Gasteiger partial charge in [-0.05, 0) is 65.5 Å². The summed E-state index contributed by atoms with van der Waals surface area (Å²) in [6.07, 6.45) is 3.60. The molecule has 1 amide bonds. The van der Waals surface area contributed by atoms with Crippen molar-refractivity contribution < 1.29 is 4.79 Å². The van der Waals surface area contributed by atoms with Crippen LogP contribution in [-0.2, 0) is 0 Å². The molecule has 1 aliphatic rings. The first-order valence-electron chi connectivity index (χ1n) is 5.79. The van der Waals surface area contributed by atoms with Gasteiger partial charge in [-0.3, -0.25) is 4.79 Å². The summed E-state index contributed by atoms with van der Waals surface area (Å²) >= 11 is 8.07. The standard InChI is InChI=1S/C13H15ClINO/c1-2-13(5-6-13)8-16-12(17)10-7-9(14)3-4-11(10)15/h3-4,7H,2,5-6,8H2,1H3,(H,16,17). The lowest BCUT2D eigenvalue weighted by Gasteiger charge is -2.14. The zero-order valence-corrected chi connectivity index (χ0v) is 12.6. The number of hydrogen-bond acceptors (Lipinski definition) is 1. The Bertz CT molecular complexity index is 443. The summed E-state index contributed by atoms with van der Waals surface area (Å²) in [4.78, 5) is 12.0. The molecule has 17 heavy (non-hydrogen) atoms. The molecule has 0 saturated heterocycles. The summed E-state index contributed by atoms with van der Waals surface area (Å²) in [5, 5.41) is 3.62. The third-order valence-corrected chi connectivity index (χ3v) is 4.68. The van der Waals surface area contributed by atoms with Gasteiger partial charge in [0.15, 0.2) is 0 Å². The number of amides is 1. The molecule has 1 aromatic carbocycles. The molecule has 0 unspecified atom stereocenters. The predicted octanol–water partition coefficient (Wildman–Crippen LogP) is 3.86. The highest BCUT2D eigenvalue weighted by atomic mass is 127. The zero-order chi connectivity index (χ0) is 12.5. The molecule has 0 atom stereocenters. The smallest absolute Gasteiger partial charge is 0.252 e. The molecule has 1 fully saturated rings. The second-order valence-corrected chi connectivity index (χ2v) is 6.26. The van der Waals surface area contributed by atoms with Gasteiger partial charge in [0.05, 0.1) is 5.56 Å². The van der Waals surface area contributed by atoms with Crippen molar-refractivity contribution in [1.82, 2.24) is 5.32 Å². The van der Waals surface area contributed by atoms with Crippen LogP contribution in [0.15, 0.2) is 18.2 Å². The summed E-state index contributed by atoms with van der Waals surface area (Å²) in [5.74, 6) is -0.0170. The summed E-state index contributed by atoms with van der Waals surface area (Å²) in [5.41, 5.74) is 1.05. The predicted molar refractivity (Wildman–Crippen MR) is 78.5 cm³/mol. The van der Waals surface area contributed by atoms with Crippen LogP contribution in [0.25, 0.3) is 0 Å². The SMILES string of the molecule is CCC1(CNC(=O)c2cc(Cl)ccc2I)CC1. The maximum Gasteiger partial charge on any atom is 0.252 e. The molecular weight excluding hydrogens is 349 g/mol. The molecule has 4 heteroatoms. The van der Waals surface area contributed by atoms with Crippen LogP contribution in [0.4, 0.5) is 0 Å². The molecule has 1 aliphatic carbocycles. The van der Waals surface area contributed by atoms with Crippen molar-refractivity contribution in [2.45, 2.75) is 26.2 Å². The monoisotopic (exact) mass is 363 g/mol. The Morgan fingerprint density at radius 3 is 2.82 bits per heavy atom. The van der Waals surface area contributed by atoms with Crippen LogP contribution in [-0.4, -0.2) is 12.5 Å². The van der Waals surface area contributed by atoms with Gasteiger partial charge in [-0.1, -0.05) is 18.5 Å². The van der Waals surface area contributed by atoms with Gasteiger partial charge in [0.25, 0.3) is 5.91 Å². The molecule has 0 aliphatic heterocycles. The molecule has 0 heterocycles. The van der Waals surface area contributed by atoms with E-state index in [-0.39, 0.29) is 5.91 Å². The fourth-order valence-corrected chi connectivity index (χ4v) is 2.62. The second-order valence-electron chi connectivity index (χ2n) is 4.66. The number of halogens is 2. The van der Waals surface area contributed by atoms with Gasteiger partial charge in [0.1, 0.15) is 0 Å². The number of carbonyl (C=O) groups is 1. The minimum atomic E-state index is -0.0170. The fraction of sp³-hybridized carbons (Fsp3) is 0.462. The fourth-order valence-electron chi connectivity index (χ4n) is 1.87. The maximum absolute atomic E-state index is 12.0. The quantitative estimate of drug-likeness (QED) is 0.809. The van der Waals surface area contributed by atoms with Crippen LogP contribution in [0.1, 0.15) is 36.5 Å². The van der Waals surface area contributed by atoms with Gasteiger partial charge in [-0.15, -0.1) is 0 Å². The van der Waals surface area contributed by atoms with E-state index >= 15 is 0 Å². The van der Waals surface area contributed by atoms with Gasteiger partial charge >= 0.3 is 0 Å². The molecule has 0 bridgehead atoms. The molecule has 0 spiro atoms. The van der Waals surface area contributed by atoms with Crippen LogP contribution >= 0.6 is 34.2 Å². The first kappa shape index (κ1) is 13.1. The van der Waals surface area contributed by atoms with Crippen molar-refractivity contribution in [3.8, 4) is 0 Å². The molecule has 2 nitrogen and oxygen atoms in total. The highest BCUT2D eigenvalue weighted by Gasteiger charge is 2.40. The number of rotatable bonds is 4. The molecule has 1 saturated carbocycles. The molecule has 1 N–H and O–H groups in total. The molecule has 0 radical (unpaired) electrons. The van der Waals surface area contributed by atoms with Gasteiger partial charge in [-0.2, -0.15) is 0 Å². The van der Waals surface area contributed by atoms with Crippen LogP contribution in [0.2, 0.25) is 5.02 Å². The van der Waals surface area contributed by atoms with Gasteiger partial charge in [0.2, 0.25) is 0 Å². The van der Waals surface area contributed by atoms with Crippen molar-refractivity contribution in [3.05, 3.63) is 32.4 Å². The number of hydrogen-bond donors (Lipinski definition) is 1. The summed E-state index contributed by atoms with van der Waals surface area (Å²) in [6.45, 7) is 2.97. The van der Waals surface area contributed by atoms with Gasteiger partial charge in [0, 0.05) is 15.1 Å². The minimum Gasteiger partial charge on any atom is -0.351 e. The second kappa shape index (κ2) is 5.14. The van der Waals surface area contributed by atoms with E-state index in [9.17, 15) is 4.79 Å². The largest absolute Gasteiger partial charge is 0.351 e. The van der Waals surface area contributed by atoms with Crippen LogP contribution in [0.5, 0.6) is 0 Å². The maximum atomic E-state index is 12.0. The van der Waals surface area contributed by atoms with E-state index in [4.69, 9.17) is 11.6 Å². The third kappa shape index (κ3) is 3.13. The minimum absolute atomic E-state index is 0.0170. The molecule has 1 aromatic rings. The number of carbonyl (C=O) groups excluding carboxylic acids is 1.